The van der Waals surface area contributed by atoms with Crippen molar-refractivity contribution in [1.82, 2.24) is 25.7 Å². The molecule has 1 aromatic heterocycles. The minimum absolute atomic E-state index is 0.161. The van der Waals surface area contributed by atoms with E-state index in [4.69, 9.17) is 0 Å². The molecule has 0 radical (unpaired) electrons. The summed E-state index contributed by atoms with van der Waals surface area (Å²) in [7, 11) is 0. The van der Waals surface area contributed by atoms with E-state index in [0.29, 0.717) is 24.8 Å². The van der Waals surface area contributed by atoms with Crippen molar-refractivity contribution < 1.29 is 9.18 Å². The minimum atomic E-state index is -0.268. The number of rotatable bonds is 12. The molecular weight excluding hydrogens is 393 g/mol. The molecule has 7 heteroatoms. The average Bonchev–Trinajstić information content (AvgIpc) is 3.13. The first-order valence-electron chi connectivity index (χ1n) is 11.6. The van der Waals surface area contributed by atoms with Gasteiger partial charge in [0, 0.05) is 31.4 Å². The first kappa shape index (κ1) is 23.4. The Bertz CT molecular complexity index is 816. The van der Waals surface area contributed by atoms with Gasteiger partial charge in [0.05, 0.1) is 6.54 Å². The van der Waals surface area contributed by atoms with Crippen LogP contribution in [0.2, 0.25) is 0 Å². The van der Waals surface area contributed by atoms with E-state index in [1.165, 1.54) is 44.2 Å². The van der Waals surface area contributed by atoms with Crippen LogP contribution in [0.5, 0.6) is 0 Å². The lowest BCUT2D eigenvalue weighted by Crippen LogP contribution is -2.36. The number of amides is 1. The van der Waals surface area contributed by atoms with E-state index in [0.717, 1.165) is 43.7 Å². The lowest BCUT2D eigenvalue weighted by atomic mass is 9.95. The first-order chi connectivity index (χ1) is 15.1. The van der Waals surface area contributed by atoms with Crippen LogP contribution in [-0.2, 0) is 6.54 Å². The lowest BCUT2D eigenvalue weighted by Gasteiger charge is -2.22. The number of nitrogens with zero attached hydrogens (tertiary/aromatic N) is 2. The molecular formula is C24H36FN5O. The van der Waals surface area contributed by atoms with Crippen LogP contribution in [-0.4, -0.2) is 47.9 Å². The number of carbonyl (C=O) groups is 1. The van der Waals surface area contributed by atoms with E-state index in [-0.39, 0.29) is 11.7 Å². The maximum absolute atomic E-state index is 13.4. The van der Waals surface area contributed by atoms with Gasteiger partial charge < -0.3 is 16.0 Å². The Balaban J connectivity index is 1.27. The van der Waals surface area contributed by atoms with Gasteiger partial charge in [0.25, 0.3) is 5.91 Å². The van der Waals surface area contributed by atoms with Crippen molar-refractivity contribution in [1.29, 1.82) is 0 Å². The lowest BCUT2D eigenvalue weighted by molar-refractivity contribution is 0.0947. The predicted molar refractivity (Wildman–Crippen MR) is 122 cm³/mol. The van der Waals surface area contributed by atoms with Gasteiger partial charge in [0.2, 0.25) is 0 Å². The van der Waals surface area contributed by atoms with Crippen LogP contribution < -0.4 is 16.0 Å². The molecule has 1 heterocycles. The predicted octanol–water partition coefficient (Wildman–Crippen LogP) is 3.40. The SMILES string of the molecule is Cc1cc(C(=O)NCCCCNCCNC2CCCCC2)nn1Cc1cccc(F)c1. The van der Waals surface area contributed by atoms with Crippen LogP contribution in [0.1, 0.15) is 66.7 Å². The molecule has 3 rings (SSSR count). The Morgan fingerprint density at radius 3 is 2.71 bits per heavy atom. The number of benzene rings is 1. The van der Waals surface area contributed by atoms with Gasteiger partial charge in [-0.2, -0.15) is 5.10 Å². The van der Waals surface area contributed by atoms with Gasteiger partial charge >= 0.3 is 0 Å². The summed E-state index contributed by atoms with van der Waals surface area (Å²) in [5, 5.41) is 14.4. The van der Waals surface area contributed by atoms with Crippen LogP contribution in [0.25, 0.3) is 0 Å². The highest BCUT2D eigenvalue weighted by atomic mass is 19.1. The summed E-state index contributed by atoms with van der Waals surface area (Å²) < 4.78 is 15.1. The van der Waals surface area contributed by atoms with E-state index >= 15 is 0 Å². The molecule has 3 N–H and O–H groups in total. The standard InChI is InChI=1S/C24H36FN5O/c1-19-16-23(29-30(19)18-20-8-7-9-21(25)17-20)24(31)28-13-6-5-12-26-14-15-27-22-10-3-2-4-11-22/h7-9,16-17,22,26-27H,2-6,10-15,18H2,1H3,(H,28,31). The molecule has 0 unspecified atom stereocenters. The third kappa shape index (κ3) is 8.07. The molecule has 0 atom stereocenters. The van der Waals surface area contributed by atoms with Crippen molar-refractivity contribution in [2.24, 2.45) is 0 Å². The fourth-order valence-electron chi connectivity index (χ4n) is 4.05. The van der Waals surface area contributed by atoms with Crippen LogP contribution >= 0.6 is 0 Å². The molecule has 2 aromatic rings. The minimum Gasteiger partial charge on any atom is -0.351 e. The number of halogens is 1. The molecule has 1 fully saturated rings. The van der Waals surface area contributed by atoms with E-state index in [1.54, 1.807) is 16.8 Å². The van der Waals surface area contributed by atoms with E-state index in [1.807, 2.05) is 13.0 Å². The molecule has 0 bridgehead atoms. The fraction of sp³-hybridized carbons (Fsp3) is 0.583. The van der Waals surface area contributed by atoms with Crippen molar-refractivity contribution in [3.8, 4) is 0 Å². The third-order valence-electron chi connectivity index (χ3n) is 5.84. The summed E-state index contributed by atoms with van der Waals surface area (Å²) in [5.41, 5.74) is 2.10. The van der Waals surface area contributed by atoms with Gasteiger partial charge in [-0.05, 0) is 62.9 Å². The second-order valence-electron chi connectivity index (χ2n) is 8.46. The van der Waals surface area contributed by atoms with Gasteiger partial charge in [0.15, 0.2) is 0 Å². The van der Waals surface area contributed by atoms with Crippen molar-refractivity contribution >= 4 is 5.91 Å². The van der Waals surface area contributed by atoms with Crippen molar-refractivity contribution in [2.45, 2.75) is 64.5 Å². The third-order valence-corrected chi connectivity index (χ3v) is 5.84. The molecule has 1 amide bonds. The molecule has 1 saturated carbocycles. The highest BCUT2D eigenvalue weighted by molar-refractivity contribution is 5.92. The number of aromatic nitrogens is 2. The Labute approximate surface area is 185 Å². The summed E-state index contributed by atoms with van der Waals surface area (Å²) in [6.07, 6.45) is 8.72. The first-order valence-corrected chi connectivity index (χ1v) is 11.6. The van der Waals surface area contributed by atoms with Crippen LogP contribution in [0.3, 0.4) is 0 Å². The number of aryl methyl sites for hydroxylation is 1. The van der Waals surface area contributed by atoms with E-state index < -0.39 is 0 Å². The molecule has 1 aliphatic carbocycles. The second-order valence-corrected chi connectivity index (χ2v) is 8.46. The smallest absolute Gasteiger partial charge is 0.271 e. The Morgan fingerprint density at radius 2 is 1.90 bits per heavy atom. The maximum Gasteiger partial charge on any atom is 0.271 e. The molecule has 1 aromatic carbocycles. The van der Waals surface area contributed by atoms with Gasteiger partial charge in [-0.25, -0.2) is 4.39 Å². The fourth-order valence-corrected chi connectivity index (χ4v) is 4.05. The topological polar surface area (TPSA) is 71.0 Å². The second kappa shape index (κ2) is 12.6. The summed E-state index contributed by atoms with van der Waals surface area (Å²) in [6, 6.07) is 8.92. The molecule has 0 aliphatic heterocycles. The highest BCUT2D eigenvalue weighted by Crippen LogP contribution is 2.16. The van der Waals surface area contributed by atoms with Crippen LogP contribution in [0, 0.1) is 12.7 Å². The molecule has 31 heavy (non-hydrogen) atoms. The zero-order valence-electron chi connectivity index (χ0n) is 18.6. The van der Waals surface area contributed by atoms with Gasteiger partial charge in [0.1, 0.15) is 11.5 Å². The number of unbranched alkanes of at least 4 members (excludes halogenated alkanes) is 1. The Hall–Kier alpha value is -2.25. The van der Waals surface area contributed by atoms with Crippen molar-refractivity contribution in [2.75, 3.05) is 26.2 Å². The molecule has 170 valence electrons. The van der Waals surface area contributed by atoms with Crippen LogP contribution in [0.4, 0.5) is 4.39 Å². The quantitative estimate of drug-likeness (QED) is 0.452. The monoisotopic (exact) mass is 429 g/mol. The average molecular weight is 430 g/mol. The summed E-state index contributed by atoms with van der Waals surface area (Å²) in [5.74, 6) is -0.430. The highest BCUT2D eigenvalue weighted by Gasteiger charge is 2.13. The normalized spacial score (nSPS) is 14.6. The summed E-state index contributed by atoms with van der Waals surface area (Å²) >= 11 is 0. The zero-order valence-corrected chi connectivity index (χ0v) is 18.6. The van der Waals surface area contributed by atoms with Gasteiger partial charge in [-0.15, -0.1) is 0 Å². The van der Waals surface area contributed by atoms with Crippen molar-refractivity contribution in [3.63, 3.8) is 0 Å². The summed E-state index contributed by atoms with van der Waals surface area (Å²) in [4.78, 5) is 12.4. The van der Waals surface area contributed by atoms with Crippen LogP contribution in [0.15, 0.2) is 30.3 Å². The number of hydrogen-bond acceptors (Lipinski definition) is 4. The largest absolute Gasteiger partial charge is 0.351 e. The number of carbonyl (C=O) groups excluding carboxylic acids is 1. The van der Waals surface area contributed by atoms with E-state index in [2.05, 4.69) is 21.0 Å². The Morgan fingerprint density at radius 1 is 1.10 bits per heavy atom. The summed E-state index contributed by atoms with van der Waals surface area (Å²) in [6.45, 7) is 5.96. The zero-order chi connectivity index (χ0) is 21.9. The molecule has 0 saturated heterocycles. The van der Waals surface area contributed by atoms with E-state index in [9.17, 15) is 9.18 Å². The maximum atomic E-state index is 13.4. The number of nitrogens with one attached hydrogen (secondary N) is 3. The molecule has 1 aliphatic rings. The molecule has 0 spiro atoms. The van der Waals surface area contributed by atoms with Gasteiger partial charge in [-0.1, -0.05) is 31.4 Å². The molecule has 6 nitrogen and oxygen atoms in total. The van der Waals surface area contributed by atoms with Crippen molar-refractivity contribution in [3.05, 3.63) is 53.1 Å². The van der Waals surface area contributed by atoms with Gasteiger partial charge in [-0.3, -0.25) is 9.48 Å². The number of hydrogen-bond donors (Lipinski definition) is 3. The Kier molecular flexibility index (Phi) is 9.49.